The van der Waals surface area contributed by atoms with Crippen LogP contribution in [0.5, 0.6) is 0 Å². The van der Waals surface area contributed by atoms with E-state index in [0.29, 0.717) is 5.75 Å². The zero-order chi connectivity index (χ0) is 12.8. The Labute approximate surface area is 105 Å². The van der Waals surface area contributed by atoms with Crippen LogP contribution in [0, 0.1) is 5.92 Å². The summed E-state index contributed by atoms with van der Waals surface area (Å²) in [5, 5.41) is 2.89. The lowest BCUT2D eigenvalue weighted by molar-refractivity contribution is -0.119. The van der Waals surface area contributed by atoms with E-state index in [1.165, 1.54) is 0 Å². The van der Waals surface area contributed by atoms with Crippen molar-refractivity contribution in [2.75, 3.05) is 11.6 Å². The number of amides is 1. The van der Waals surface area contributed by atoms with Gasteiger partial charge in [0.15, 0.2) is 0 Å². The van der Waals surface area contributed by atoms with Crippen LogP contribution in [0.3, 0.4) is 0 Å². The summed E-state index contributed by atoms with van der Waals surface area (Å²) in [5.41, 5.74) is 1.69. The summed E-state index contributed by atoms with van der Waals surface area (Å²) in [6.07, 6.45) is 2.47. The average molecular weight is 253 g/mol. The predicted octanol–water partition coefficient (Wildman–Crippen LogP) is 2.55. The third-order valence-electron chi connectivity index (χ3n) is 2.69. The number of benzene rings is 1. The van der Waals surface area contributed by atoms with Gasteiger partial charge in [-0.05, 0) is 18.1 Å². The van der Waals surface area contributed by atoms with E-state index in [2.05, 4.69) is 5.32 Å². The van der Waals surface area contributed by atoms with Crippen LogP contribution in [0.25, 0.3) is 0 Å². The minimum absolute atomic E-state index is 0.00446. The molecule has 4 heteroatoms. The van der Waals surface area contributed by atoms with Gasteiger partial charge in [0.05, 0.1) is 5.75 Å². The van der Waals surface area contributed by atoms with Gasteiger partial charge in [0, 0.05) is 28.7 Å². The maximum atomic E-state index is 11.8. The number of hydrogen-bond acceptors (Lipinski definition) is 2. The molecule has 0 bridgehead atoms. The molecule has 17 heavy (non-hydrogen) atoms. The van der Waals surface area contributed by atoms with E-state index < -0.39 is 10.8 Å². The smallest absolute Gasteiger partial charge is 0.227 e. The molecule has 1 N–H and O–H groups in total. The lowest BCUT2D eigenvalue weighted by Crippen LogP contribution is -2.20. The predicted molar refractivity (Wildman–Crippen MR) is 72.3 cm³/mol. The second kappa shape index (κ2) is 6.55. The average Bonchev–Trinajstić information content (AvgIpc) is 2.29. The van der Waals surface area contributed by atoms with Crippen molar-refractivity contribution in [2.24, 2.45) is 5.92 Å². The number of para-hydroxylation sites is 1. The normalized spacial score (nSPS) is 14.1. The van der Waals surface area contributed by atoms with Crippen LogP contribution < -0.4 is 5.32 Å². The minimum atomic E-state index is -0.905. The zero-order valence-corrected chi connectivity index (χ0v) is 11.3. The van der Waals surface area contributed by atoms with Crippen molar-refractivity contribution >= 4 is 22.4 Å². The highest BCUT2D eigenvalue weighted by molar-refractivity contribution is 7.83. The summed E-state index contributed by atoms with van der Waals surface area (Å²) < 4.78 is 11.2. The number of carbonyl (C=O) groups excluding carboxylic acids is 1. The fraction of sp³-hybridized carbons (Fsp3) is 0.462. The van der Waals surface area contributed by atoms with Crippen LogP contribution in [0.4, 0.5) is 5.69 Å². The molecule has 1 amide bonds. The van der Waals surface area contributed by atoms with Crippen LogP contribution in [-0.2, 0) is 21.3 Å². The lowest BCUT2D eigenvalue weighted by Gasteiger charge is -2.13. The first kappa shape index (κ1) is 13.9. The van der Waals surface area contributed by atoms with Crippen molar-refractivity contribution in [2.45, 2.75) is 26.0 Å². The first-order valence-electron chi connectivity index (χ1n) is 5.73. The monoisotopic (exact) mass is 253 g/mol. The Bertz CT molecular complexity index is 418. The van der Waals surface area contributed by atoms with Gasteiger partial charge in [0.25, 0.3) is 0 Å². The van der Waals surface area contributed by atoms with Gasteiger partial charge >= 0.3 is 0 Å². The van der Waals surface area contributed by atoms with E-state index in [1.807, 2.05) is 38.1 Å². The summed E-state index contributed by atoms with van der Waals surface area (Å²) in [5.74, 6) is 0.480. The first-order chi connectivity index (χ1) is 8.04. The van der Waals surface area contributed by atoms with Crippen LogP contribution >= 0.6 is 0 Å². The van der Waals surface area contributed by atoms with Crippen molar-refractivity contribution in [1.82, 2.24) is 0 Å². The molecule has 0 saturated carbocycles. The van der Waals surface area contributed by atoms with Crippen LogP contribution in [-0.4, -0.2) is 16.4 Å². The van der Waals surface area contributed by atoms with E-state index in [-0.39, 0.29) is 11.8 Å². The fourth-order valence-electron chi connectivity index (χ4n) is 1.43. The van der Waals surface area contributed by atoms with Crippen molar-refractivity contribution in [3.8, 4) is 0 Å². The quantitative estimate of drug-likeness (QED) is 0.876. The van der Waals surface area contributed by atoms with Gasteiger partial charge in [0.2, 0.25) is 5.91 Å². The molecule has 1 aromatic carbocycles. The molecule has 3 nitrogen and oxygen atoms in total. The third kappa shape index (κ3) is 4.30. The maximum absolute atomic E-state index is 11.8. The highest BCUT2D eigenvalue weighted by Gasteiger charge is 2.12. The second-order valence-electron chi connectivity index (χ2n) is 4.17. The molecule has 0 aliphatic rings. The largest absolute Gasteiger partial charge is 0.326 e. The number of rotatable bonds is 5. The van der Waals surface area contributed by atoms with Crippen LogP contribution in [0.1, 0.15) is 25.8 Å². The zero-order valence-electron chi connectivity index (χ0n) is 10.5. The van der Waals surface area contributed by atoms with E-state index in [9.17, 15) is 9.00 Å². The summed E-state index contributed by atoms with van der Waals surface area (Å²) in [7, 11) is -0.905. The molecule has 0 unspecified atom stereocenters. The van der Waals surface area contributed by atoms with Gasteiger partial charge in [0.1, 0.15) is 0 Å². The van der Waals surface area contributed by atoms with Crippen LogP contribution in [0.2, 0.25) is 0 Å². The van der Waals surface area contributed by atoms with Gasteiger partial charge in [-0.25, -0.2) is 0 Å². The van der Waals surface area contributed by atoms with E-state index >= 15 is 0 Å². The molecule has 0 fully saturated rings. The van der Waals surface area contributed by atoms with E-state index in [4.69, 9.17) is 0 Å². The summed E-state index contributed by atoms with van der Waals surface area (Å²) in [6.45, 7) is 3.88. The summed E-state index contributed by atoms with van der Waals surface area (Å²) in [4.78, 5) is 11.8. The van der Waals surface area contributed by atoms with Crippen molar-refractivity contribution in [3.63, 3.8) is 0 Å². The Hall–Kier alpha value is -1.16. The van der Waals surface area contributed by atoms with Gasteiger partial charge in [-0.15, -0.1) is 0 Å². The standard InChI is InChI=1S/C13H19NO2S/c1-4-10(2)13(15)14-12-8-6-5-7-11(12)9-17(3)16/h5-8,10H,4,9H2,1-3H3,(H,14,15)/t10-,17+/m1/s1. The minimum Gasteiger partial charge on any atom is -0.326 e. The van der Waals surface area contributed by atoms with Crippen LogP contribution in [0.15, 0.2) is 24.3 Å². The first-order valence-corrected chi connectivity index (χ1v) is 7.46. The summed E-state index contributed by atoms with van der Waals surface area (Å²) >= 11 is 0. The molecule has 0 radical (unpaired) electrons. The van der Waals surface area contributed by atoms with Crippen molar-refractivity contribution < 1.29 is 9.00 Å². The SMILES string of the molecule is CC[C@@H](C)C(=O)Nc1ccccc1C[S@](C)=O. The Kier molecular flexibility index (Phi) is 5.35. The van der Waals surface area contributed by atoms with Gasteiger partial charge in [-0.1, -0.05) is 32.0 Å². The van der Waals surface area contributed by atoms with Gasteiger partial charge in [-0.3, -0.25) is 9.00 Å². The molecular weight excluding hydrogens is 234 g/mol. The molecule has 1 aromatic rings. The molecule has 0 aliphatic carbocycles. The molecule has 0 heterocycles. The molecule has 0 aliphatic heterocycles. The van der Waals surface area contributed by atoms with E-state index in [0.717, 1.165) is 17.7 Å². The molecule has 0 saturated heterocycles. The Morgan fingerprint density at radius 2 is 2.06 bits per heavy atom. The fourth-order valence-corrected chi connectivity index (χ4v) is 2.12. The third-order valence-corrected chi connectivity index (χ3v) is 3.41. The lowest BCUT2D eigenvalue weighted by atomic mass is 10.1. The van der Waals surface area contributed by atoms with Crippen molar-refractivity contribution in [1.29, 1.82) is 0 Å². The molecular formula is C13H19NO2S. The summed E-state index contributed by atoms with van der Waals surface area (Å²) in [6, 6.07) is 7.51. The Balaban J connectivity index is 2.83. The highest BCUT2D eigenvalue weighted by atomic mass is 32.2. The van der Waals surface area contributed by atoms with Gasteiger partial charge in [-0.2, -0.15) is 0 Å². The van der Waals surface area contributed by atoms with E-state index in [1.54, 1.807) is 6.26 Å². The molecule has 1 rings (SSSR count). The Morgan fingerprint density at radius 1 is 1.41 bits per heavy atom. The molecule has 0 spiro atoms. The topological polar surface area (TPSA) is 46.2 Å². The number of anilines is 1. The molecule has 2 atom stereocenters. The van der Waals surface area contributed by atoms with Gasteiger partial charge < -0.3 is 5.32 Å². The van der Waals surface area contributed by atoms with Crippen molar-refractivity contribution in [3.05, 3.63) is 29.8 Å². The maximum Gasteiger partial charge on any atom is 0.227 e. The Morgan fingerprint density at radius 3 is 2.65 bits per heavy atom. The highest BCUT2D eigenvalue weighted by Crippen LogP contribution is 2.18. The number of hydrogen-bond donors (Lipinski definition) is 1. The molecule has 0 aromatic heterocycles. The second-order valence-corrected chi connectivity index (χ2v) is 5.61. The molecule has 94 valence electrons. The number of nitrogens with one attached hydrogen (secondary N) is 1. The number of carbonyl (C=O) groups is 1.